The number of amides is 1. The molecular formula is C24H22N4O. The van der Waals surface area contributed by atoms with Crippen LogP contribution in [0.2, 0.25) is 0 Å². The van der Waals surface area contributed by atoms with Gasteiger partial charge >= 0.3 is 0 Å². The molecule has 0 aliphatic rings. The molecule has 5 heteroatoms. The first-order valence-electron chi connectivity index (χ1n) is 9.60. The first kappa shape index (κ1) is 18.6. The van der Waals surface area contributed by atoms with Crippen LogP contribution in [0.3, 0.4) is 0 Å². The summed E-state index contributed by atoms with van der Waals surface area (Å²) in [6.07, 6.45) is 5.88. The lowest BCUT2D eigenvalue weighted by Crippen LogP contribution is -2.33. The van der Waals surface area contributed by atoms with E-state index in [1.807, 2.05) is 42.5 Å². The predicted octanol–water partition coefficient (Wildman–Crippen LogP) is 4.05. The lowest BCUT2D eigenvalue weighted by atomic mass is 9.95. The molecule has 5 nitrogen and oxygen atoms in total. The molecule has 2 aromatic heterocycles. The summed E-state index contributed by atoms with van der Waals surface area (Å²) in [6, 6.07) is 25.8. The summed E-state index contributed by atoms with van der Waals surface area (Å²) in [5.74, 6) is -0.0979. The van der Waals surface area contributed by atoms with Crippen LogP contribution in [0.1, 0.15) is 17.3 Å². The van der Waals surface area contributed by atoms with Gasteiger partial charge < -0.3 is 5.32 Å². The molecule has 2 heterocycles. The van der Waals surface area contributed by atoms with E-state index >= 15 is 0 Å². The minimum absolute atomic E-state index is 0.0979. The van der Waals surface area contributed by atoms with Crippen molar-refractivity contribution in [1.29, 1.82) is 0 Å². The van der Waals surface area contributed by atoms with Crippen LogP contribution in [-0.4, -0.2) is 20.7 Å². The van der Waals surface area contributed by atoms with Crippen LogP contribution in [0.4, 0.5) is 0 Å². The fraction of sp³-hybridized carbons (Fsp3) is 0.125. The van der Waals surface area contributed by atoms with Crippen LogP contribution in [0.15, 0.2) is 97.5 Å². The minimum atomic E-state index is -0.253. The summed E-state index contributed by atoms with van der Waals surface area (Å²) in [7, 11) is 0. The Bertz CT molecular complexity index is 1050. The molecule has 1 amide bonds. The number of carbonyl (C=O) groups is 1. The van der Waals surface area contributed by atoms with Crippen molar-refractivity contribution in [2.75, 3.05) is 0 Å². The molecule has 0 fully saturated rings. The van der Waals surface area contributed by atoms with Gasteiger partial charge in [-0.1, -0.05) is 66.7 Å². The van der Waals surface area contributed by atoms with Gasteiger partial charge in [0, 0.05) is 24.2 Å². The summed E-state index contributed by atoms with van der Waals surface area (Å²) in [5.41, 5.74) is 4.10. The highest BCUT2D eigenvalue weighted by Gasteiger charge is 2.20. The molecule has 144 valence electrons. The average molecular weight is 382 g/mol. The Kier molecular flexibility index (Phi) is 5.76. The van der Waals surface area contributed by atoms with E-state index in [1.54, 1.807) is 29.3 Å². The third-order valence-electron chi connectivity index (χ3n) is 4.74. The molecule has 0 saturated carbocycles. The molecule has 0 saturated heterocycles. The van der Waals surface area contributed by atoms with Gasteiger partial charge in [0.2, 0.25) is 5.91 Å². The van der Waals surface area contributed by atoms with E-state index in [0.29, 0.717) is 6.42 Å². The molecule has 4 aromatic rings. The van der Waals surface area contributed by atoms with Gasteiger partial charge in [-0.2, -0.15) is 5.10 Å². The number of carbonyl (C=O) groups excluding carboxylic acids is 1. The number of rotatable bonds is 7. The number of nitrogens with one attached hydrogen (secondary N) is 1. The van der Waals surface area contributed by atoms with Crippen LogP contribution in [-0.2, 0) is 17.8 Å². The molecule has 0 aliphatic heterocycles. The van der Waals surface area contributed by atoms with E-state index in [1.165, 1.54) is 0 Å². The average Bonchev–Trinajstić information content (AvgIpc) is 3.27. The summed E-state index contributed by atoms with van der Waals surface area (Å²) < 4.78 is 1.62. The second-order valence-corrected chi connectivity index (χ2v) is 6.82. The zero-order valence-electron chi connectivity index (χ0n) is 16.0. The molecular weight excluding hydrogens is 360 g/mol. The van der Waals surface area contributed by atoms with Crippen molar-refractivity contribution in [3.05, 3.63) is 109 Å². The second-order valence-electron chi connectivity index (χ2n) is 6.82. The number of nitrogens with zero attached hydrogens (tertiary/aromatic N) is 3. The standard InChI is InChI=1S/C24H22N4O/c29-23(18-28-16-8-15-26-28)27-22(17-19-9-3-1-4-10-19)24-21(13-7-14-25-24)20-11-5-2-6-12-20/h1-16,22H,17-18H2,(H,27,29). The zero-order chi connectivity index (χ0) is 19.9. The first-order valence-corrected chi connectivity index (χ1v) is 9.60. The largest absolute Gasteiger partial charge is 0.346 e. The highest BCUT2D eigenvalue weighted by Crippen LogP contribution is 2.28. The Morgan fingerprint density at radius 3 is 2.38 bits per heavy atom. The molecule has 0 spiro atoms. The topological polar surface area (TPSA) is 59.8 Å². The fourth-order valence-corrected chi connectivity index (χ4v) is 3.40. The molecule has 1 atom stereocenters. The second kappa shape index (κ2) is 8.97. The van der Waals surface area contributed by atoms with Crippen molar-refractivity contribution >= 4 is 5.91 Å². The molecule has 0 aliphatic carbocycles. The monoisotopic (exact) mass is 382 g/mol. The van der Waals surface area contributed by atoms with Crippen molar-refractivity contribution in [2.45, 2.75) is 19.0 Å². The van der Waals surface area contributed by atoms with Crippen molar-refractivity contribution in [2.24, 2.45) is 0 Å². The highest BCUT2D eigenvalue weighted by atomic mass is 16.2. The van der Waals surface area contributed by atoms with Gasteiger partial charge in [-0.25, -0.2) is 0 Å². The third-order valence-corrected chi connectivity index (χ3v) is 4.74. The van der Waals surface area contributed by atoms with Gasteiger partial charge in [-0.15, -0.1) is 0 Å². The first-order chi connectivity index (χ1) is 14.3. The Labute approximate surface area is 170 Å². The smallest absolute Gasteiger partial charge is 0.242 e. The van der Waals surface area contributed by atoms with Gasteiger partial charge in [-0.05, 0) is 29.7 Å². The van der Waals surface area contributed by atoms with Gasteiger partial charge in [-0.3, -0.25) is 14.5 Å². The van der Waals surface area contributed by atoms with Crippen molar-refractivity contribution in [3.8, 4) is 11.1 Å². The van der Waals surface area contributed by atoms with Gasteiger partial charge in [0.25, 0.3) is 0 Å². The lowest BCUT2D eigenvalue weighted by molar-refractivity contribution is -0.122. The number of hydrogen-bond acceptors (Lipinski definition) is 3. The maximum atomic E-state index is 12.7. The maximum absolute atomic E-state index is 12.7. The molecule has 0 bridgehead atoms. The van der Waals surface area contributed by atoms with E-state index < -0.39 is 0 Å². The van der Waals surface area contributed by atoms with Crippen LogP contribution in [0, 0.1) is 0 Å². The number of benzene rings is 2. The Morgan fingerprint density at radius 2 is 1.66 bits per heavy atom. The predicted molar refractivity (Wildman–Crippen MR) is 113 cm³/mol. The number of aromatic nitrogens is 3. The summed E-state index contributed by atoms with van der Waals surface area (Å²) in [6.45, 7) is 0.172. The van der Waals surface area contributed by atoms with Gasteiger partial charge in [0.15, 0.2) is 0 Å². The minimum Gasteiger partial charge on any atom is -0.346 e. The molecule has 29 heavy (non-hydrogen) atoms. The van der Waals surface area contributed by atoms with E-state index in [2.05, 4.69) is 45.7 Å². The quantitative estimate of drug-likeness (QED) is 0.525. The van der Waals surface area contributed by atoms with E-state index in [-0.39, 0.29) is 18.5 Å². The normalized spacial score (nSPS) is 11.7. The van der Waals surface area contributed by atoms with E-state index in [0.717, 1.165) is 22.4 Å². The van der Waals surface area contributed by atoms with Crippen molar-refractivity contribution < 1.29 is 4.79 Å². The molecule has 1 N–H and O–H groups in total. The highest BCUT2D eigenvalue weighted by molar-refractivity contribution is 5.77. The number of hydrogen-bond donors (Lipinski definition) is 1. The Hall–Kier alpha value is -3.73. The van der Waals surface area contributed by atoms with Crippen molar-refractivity contribution in [1.82, 2.24) is 20.1 Å². The molecule has 2 aromatic carbocycles. The lowest BCUT2D eigenvalue weighted by Gasteiger charge is -2.21. The summed E-state index contributed by atoms with van der Waals surface area (Å²) in [5, 5.41) is 7.29. The van der Waals surface area contributed by atoms with Crippen molar-refractivity contribution in [3.63, 3.8) is 0 Å². The van der Waals surface area contributed by atoms with Crippen LogP contribution in [0.5, 0.6) is 0 Å². The van der Waals surface area contributed by atoms with Crippen LogP contribution < -0.4 is 5.32 Å². The fourth-order valence-electron chi connectivity index (χ4n) is 3.40. The summed E-state index contributed by atoms with van der Waals surface area (Å²) >= 11 is 0. The van der Waals surface area contributed by atoms with Crippen LogP contribution in [0.25, 0.3) is 11.1 Å². The van der Waals surface area contributed by atoms with E-state index in [9.17, 15) is 4.79 Å². The molecule has 1 unspecified atom stereocenters. The Balaban J connectivity index is 1.66. The van der Waals surface area contributed by atoms with Gasteiger partial charge in [0.1, 0.15) is 6.54 Å². The summed E-state index contributed by atoms with van der Waals surface area (Å²) in [4.78, 5) is 17.4. The number of pyridine rings is 1. The molecule has 4 rings (SSSR count). The third kappa shape index (κ3) is 4.76. The maximum Gasteiger partial charge on any atom is 0.242 e. The van der Waals surface area contributed by atoms with E-state index in [4.69, 9.17) is 0 Å². The van der Waals surface area contributed by atoms with Gasteiger partial charge in [0.05, 0.1) is 11.7 Å². The molecule has 0 radical (unpaired) electrons. The zero-order valence-corrected chi connectivity index (χ0v) is 16.0. The van der Waals surface area contributed by atoms with Crippen LogP contribution >= 0.6 is 0 Å². The Morgan fingerprint density at radius 1 is 0.897 bits per heavy atom. The SMILES string of the molecule is O=C(Cn1cccn1)NC(Cc1ccccc1)c1ncccc1-c1ccccc1.